The number of anilines is 3. The predicted molar refractivity (Wildman–Crippen MR) is 118 cm³/mol. The van der Waals surface area contributed by atoms with Gasteiger partial charge in [-0.3, -0.25) is 9.59 Å². The number of amides is 1. The van der Waals surface area contributed by atoms with Crippen LogP contribution in [0.1, 0.15) is 16.2 Å². The van der Waals surface area contributed by atoms with E-state index in [1.807, 2.05) is 17.0 Å². The van der Waals surface area contributed by atoms with Crippen molar-refractivity contribution in [3.63, 3.8) is 0 Å². The molecule has 0 spiro atoms. The first-order valence-electron chi connectivity index (χ1n) is 9.77. The number of aromatic nitrogens is 3. The highest BCUT2D eigenvalue weighted by Crippen LogP contribution is 2.21. The molecule has 1 fully saturated rings. The normalized spacial score (nSPS) is 13.6. The van der Waals surface area contributed by atoms with Crippen LogP contribution in [0.15, 0.2) is 53.3 Å². The standard InChI is InChI=1S/C21H21ClN6O3/c22-14-4-6-15(7-5-14)24-18-12-16(25-21(27-18)28-8-10-31-11-9-28)13-23-20(30)17-2-1-3-19(29)26-17/h1-7,12H,8-11,13H2,(H,23,30)(H,26,29)(H,24,25,27). The number of morpholine rings is 1. The molecular formula is C21H21ClN6O3. The molecule has 4 rings (SSSR count). The summed E-state index contributed by atoms with van der Waals surface area (Å²) in [5.41, 5.74) is 1.31. The number of hydrogen-bond donors (Lipinski definition) is 3. The Balaban J connectivity index is 1.55. The number of hydrogen-bond acceptors (Lipinski definition) is 7. The van der Waals surface area contributed by atoms with Crippen molar-refractivity contribution in [2.75, 3.05) is 36.5 Å². The lowest BCUT2D eigenvalue weighted by Crippen LogP contribution is -2.37. The molecule has 1 aliphatic heterocycles. The fourth-order valence-electron chi connectivity index (χ4n) is 3.07. The van der Waals surface area contributed by atoms with Crippen LogP contribution in [0.4, 0.5) is 17.5 Å². The van der Waals surface area contributed by atoms with Gasteiger partial charge in [0, 0.05) is 35.9 Å². The van der Waals surface area contributed by atoms with Gasteiger partial charge < -0.3 is 25.3 Å². The minimum atomic E-state index is -0.392. The number of nitrogens with one attached hydrogen (secondary N) is 3. The van der Waals surface area contributed by atoms with Crippen molar-refractivity contribution in [2.45, 2.75) is 6.54 Å². The molecule has 10 heteroatoms. The minimum Gasteiger partial charge on any atom is -0.378 e. The molecule has 0 atom stereocenters. The summed E-state index contributed by atoms with van der Waals surface area (Å²) >= 11 is 5.96. The lowest BCUT2D eigenvalue weighted by atomic mass is 10.3. The van der Waals surface area contributed by atoms with Gasteiger partial charge in [-0.2, -0.15) is 4.98 Å². The summed E-state index contributed by atoms with van der Waals surface area (Å²) in [5.74, 6) is 0.757. The third-order valence-corrected chi connectivity index (χ3v) is 4.87. The van der Waals surface area contributed by atoms with E-state index in [0.29, 0.717) is 48.8 Å². The molecule has 3 N–H and O–H groups in total. The first-order chi connectivity index (χ1) is 15.1. The Labute approximate surface area is 183 Å². The van der Waals surface area contributed by atoms with Gasteiger partial charge in [-0.05, 0) is 30.3 Å². The fourth-order valence-corrected chi connectivity index (χ4v) is 3.20. The van der Waals surface area contributed by atoms with Gasteiger partial charge in [-0.15, -0.1) is 0 Å². The van der Waals surface area contributed by atoms with E-state index < -0.39 is 5.91 Å². The molecule has 1 aliphatic rings. The highest BCUT2D eigenvalue weighted by Gasteiger charge is 2.16. The Kier molecular flexibility index (Phi) is 6.44. The number of rotatable bonds is 6. The summed E-state index contributed by atoms with van der Waals surface area (Å²) in [6.45, 7) is 2.74. The van der Waals surface area contributed by atoms with Crippen molar-refractivity contribution in [3.8, 4) is 0 Å². The van der Waals surface area contributed by atoms with E-state index in [1.54, 1.807) is 24.3 Å². The summed E-state index contributed by atoms with van der Waals surface area (Å²) in [4.78, 5) is 37.6. The second kappa shape index (κ2) is 9.59. The van der Waals surface area contributed by atoms with Crippen LogP contribution in [0.25, 0.3) is 0 Å². The molecule has 0 bridgehead atoms. The maximum atomic E-state index is 12.4. The Bertz CT molecular complexity index is 1110. The quantitative estimate of drug-likeness (QED) is 0.539. The number of nitrogens with zero attached hydrogens (tertiary/aromatic N) is 3. The summed E-state index contributed by atoms with van der Waals surface area (Å²) in [7, 11) is 0. The van der Waals surface area contributed by atoms with Gasteiger partial charge in [0.15, 0.2) is 0 Å². The molecule has 160 valence electrons. The van der Waals surface area contributed by atoms with E-state index >= 15 is 0 Å². The fraction of sp³-hybridized carbons (Fsp3) is 0.238. The molecule has 0 radical (unpaired) electrons. The summed E-state index contributed by atoms with van der Waals surface area (Å²) in [5, 5.41) is 6.68. The number of carbonyl (C=O) groups excluding carboxylic acids is 1. The van der Waals surface area contributed by atoms with Gasteiger partial charge in [-0.1, -0.05) is 17.7 Å². The lowest BCUT2D eigenvalue weighted by molar-refractivity contribution is 0.0945. The number of halogens is 1. The number of H-pyrrole nitrogens is 1. The Morgan fingerprint density at radius 1 is 1.13 bits per heavy atom. The third kappa shape index (κ3) is 5.59. The SMILES string of the molecule is O=C(NCc1cc(Nc2ccc(Cl)cc2)nc(N2CCOCC2)n1)c1cccc(=O)[nH]1. The zero-order valence-electron chi connectivity index (χ0n) is 16.6. The average Bonchev–Trinajstić information content (AvgIpc) is 2.79. The smallest absolute Gasteiger partial charge is 0.268 e. The highest BCUT2D eigenvalue weighted by atomic mass is 35.5. The minimum absolute atomic E-state index is 0.172. The molecule has 3 heterocycles. The number of carbonyl (C=O) groups is 1. The van der Waals surface area contributed by atoms with Gasteiger partial charge in [0.25, 0.3) is 5.91 Å². The van der Waals surface area contributed by atoms with Crippen LogP contribution in [0.2, 0.25) is 5.02 Å². The zero-order valence-corrected chi connectivity index (χ0v) is 17.4. The third-order valence-electron chi connectivity index (χ3n) is 4.62. The second-order valence-electron chi connectivity index (χ2n) is 6.89. The van der Waals surface area contributed by atoms with E-state index in [4.69, 9.17) is 16.3 Å². The predicted octanol–water partition coefficient (Wildman–Crippen LogP) is 2.33. The maximum absolute atomic E-state index is 12.4. The van der Waals surface area contributed by atoms with Gasteiger partial charge in [0.2, 0.25) is 11.5 Å². The average molecular weight is 441 g/mol. The molecular weight excluding hydrogens is 420 g/mol. The first-order valence-corrected chi connectivity index (χ1v) is 10.2. The van der Waals surface area contributed by atoms with Crippen molar-refractivity contribution in [1.29, 1.82) is 0 Å². The van der Waals surface area contributed by atoms with E-state index in [9.17, 15) is 9.59 Å². The Hall–Kier alpha value is -3.43. The number of ether oxygens (including phenoxy) is 1. The maximum Gasteiger partial charge on any atom is 0.268 e. The first kappa shape index (κ1) is 20.8. The van der Waals surface area contributed by atoms with Crippen molar-refractivity contribution in [2.24, 2.45) is 0 Å². The van der Waals surface area contributed by atoms with Crippen molar-refractivity contribution in [3.05, 3.63) is 75.3 Å². The second-order valence-corrected chi connectivity index (χ2v) is 7.32. The van der Waals surface area contributed by atoms with Crippen LogP contribution in [-0.4, -0.2) is 47.2 Å². The summed E-state index contributed by atoms with van der Waals surface area (Å²) < 4.78 is 5.41. The van der Waals surface area contributed by atoms with Gasteiger partial charge in [0.1, 0.15) is 11.5 Å². The number of benzene rings is 1. The molecule has 9 nitrogen and oxygen atoms in total. The molecule has 1 saturated heterocycles. The van der Waals surface area contributed by atoms with Crippen LogP contribution in [0.3, 0.4) is 0 Å². The summed E-state index contributed by atoms with van der Waals surface area (Å²) in [6.07, 6.45) is 0. The van der Waals surface area contributed by atoms with E-state index in [2.05, 4.69) is 25.6 Å². The molecule has 1 aromatic carbocycles. The van der Waals surface area contributed by atoms with Crippen LogP contribution in [0.5, 0.6) is 0 Å². The van der Waals surface area contributed by atoms with Crippen LogP contribution in [0, 0.1) is 0 Å². The van der Waals surface area contributed by atoms with Crippen molar-refractivity contribution >= 4 is 35.0 Å². The molecule has 2 aromatic heterocycles. The number of pyridine rings is 1. The lowest BCUT2D eigenvalue weighted by Gasteiger charge is -2.27. The van der Waals surface area contributed by atoms with Gasteiger partial charge in [0.05, 0.1) is 25.5 Å². The molecule has 0 aliphatic carbocycles. The van der Waals surface area contributed by atoms with E-state index in [1.165, 1.54) is 12.1 Å². The van der Waals surface area contributed by atoms with Crippen molar-refractivity contribution in [1.82, 2.24) is 20.3 Å². The highest BCUT2D eigenvalue weighted by molar-refractivity contribution is 6.30. The van der Waals surface area contributed by atoms with Crippen LogP contribution < -0.4 is 21.1 Å². The monoisotopic (exact) mass is 440 g/mol. The van der Waals surface area contributed by atoms with E-state index in [-0.39, 0.29) is 17.8 Å². The molecule has 0 unspecified atom stereocenters. The van der Waals surface area contributed by atoms with E-state index in [0.717, 1.165) is 5.69 Å². The zero-order chi connectivity index (χ0) is 21.6. The van der Waals surface area contributed by atoms with Crippen molar-refractivity contribution < 1.29 is 9.53 Å². The molecule has 1 amide bonds. The largest absolute Gasteiger partial charge is 0.378 e. The van der Waals surface area contributed by atoms with Crippen LogP contribution in [-0.2, 0) is 11.3 Å². The topological polar surface area (TPSA) is 112 Å². The van der Waals surface area contributed by atoms with Gasteiger partial charge >= 0.3 is 0 Å². The van der Waals surface area contributed by atoms with Gasteiger partial charge in [-0.25, -0.2) is 4.98 Å². The molecule has 31 heavy (non-hydrogen) atoms. The molecule has 3 aromatic rings. The number of aromatic amines is 1. The Morgan fingerprint density at radius 2 is 1.90 bits per heavy atom. The van der Waals surface area contributed by atoms with Crippen LogP contribution >= 0.6 is 11.6 Å². The molecule has 0 saturated carbocycles. The summed E-state index contributed by atoms with van der Waals surface area (Å²) in [6, 6.07) is 13.5. The Morgan fingerprint density at radius 3 is 2.65 bits per heavy atom.